The molecule has 31 heavy (non-hydrogen) atoms. The second-order valence-corrected chi connectivity index (χ2v) is 8.23. The lowest BCUT2D eigenvalue weighted by Crippen LogP contribution is -2.23. The Bertz CT molecular complexity index is 1070. The van der Waals surface area contributed by atoms with Gasteiger partial charge < -0.3 is 14.2 Å². The predicted octanol–water partition coefficient (Wildman–Crippen LogP) is 4.88. The van der Waals surface area contributed by atoms with E-state index in [4.69, 9.17) is 14.2 Å². The molecule has 7 nitrogen and oxygen atoms in total. The summed E-state index contributed by atoms with van der Waals surface area (Å²) in [6, 6.07) is 10.3. The minimum absolute atomic E-state index is 0.157. The molecule has 0 spiro atoms. The third kappa shape index (κ3) is 5.11. The number of amidine groups is 1. The Kier molecular flexibility index (Phi) is 7.40. The summed E-state index contributed by atoms with van der Waals surface area (Å²) in [5, 5.41) is 0.539. The molecule has 9 heteroatoms. The predicted molar refractivity (Wildman–Crippen MR) is 125 cm³/mol. The van der Waals surface area contributed by atoms with Crippen molar-refractivity contribution in [3.05, 3.63) is 56.9 Å². The second kappa shape index (κ2) is 10.0. The highest BCUT2D eigenvalue weighted by Crippen LogP contribution is 2.38. The minimum atomic E-state index is -0.413. The molecular formula is C22H21BrN2O5S. The number of halogens is 1. The molecule has 0 atom stereocenters. The summed E-state index contributed by atoms with van der Waals surface area (Å²) in [5.74, 6) is 0.638. The van der Waals surface area contributed by atoms with Gasteiger partial charge in [0.15, 0.2) is 16.7 Å². The molecule has 1 aliphatic heterocycles. The zero-order chi connectivity index (χ0) is 22.5. The minimum Gasteiger partial charge on any atom is -0.493 e. The van der Waals surface area contributed by atoms with Crippen molar-refractivity contribution in [2.45, 2.75) is 6.92 Å². The van der Waals surface area contributed by atoms with Crippen LogP contribution in [-0.4, -0.2) is 49.8 Å². The van der Waals surface area contributed by atoms with Crippen LogP contribution in [0, 0.1) is 0 Å². The van der Waals surface area contributed by atoms with Crippen LogP contribution in [0.3, 0.4) is 0 Å². The molecule has 0 unspecified atom stereocenters. The number of methoxy groups -OCH3 is 2. The maximum Gasteiger partial charge on any atom is 0.337 e. The van der Waals surface area contributed by atoms with Crippen LogP contribution in [0.5, 0.6) is 11.5 Å². The molecule has 0 aliphatic carbocycles. The van der Waals surface area contributed by atoms with Crippen LogP contribution < -0.4 is 9.47 Å². The Hall–Kier alpha value is -2.78. The lowest BCUT2D eigenvalue weighted by Gasteiger charge is -2.11. The largest absolute Gasteiger partial charge is 0.493 e. The summed E-state index contributed by atoms with van der Waals surface area (Å²) >= 11 is 4.80. The SMILES string of the molecule is CCOc1cc(/C=C2\SC(=Nc3ccc(C(=O)OC)cc3)N(C)C2=O)c(Br)cc1OC. The fourth-order valence-corrected chi connectivity index (χ4v) is 4.20. The van der Waals surface area contributed by atoms with E-state index in [0.29, 0.717) is 39.4 Å². The normalized spacial score (nSPS) is 16.2. The lowest BCUT2D eigenvalue weighted by molar-refractivity contribution is -0.121. The van der Waals surface area contributed by atoms with Crippen molar-refractivity contribution in [2.75, 3.05) is 27.9 Å². The number of amides is 1. The van der Waals surface area contributed by atoms with Gasteiger partial charge in [0, 0.05) is 11.5 Å². The number of carbonyl (C=O) groups is 2. The van der Waals surface area contributed by atoms with Gasteiger partial charge in [-0.25, -0.2) is 9.79 Å². The monoisotopic (exact) mass is 504 g/mol. The molecule has 1 saturated heterocycles. The number of rotatable bonds is 6. The van der Waals surface area contributed by atoms with Crippen LogP contribution in [0.1, 0.15) is 22.8 Å². The van der Waals surface area contributed by atoms with Gasteiger partial charge >= 0.3 is 5.97 Å². The van der Waals surface area contributed by atoms with E-state index in [-0.39, 0.29) is 5.91 Å². The van der Waals surface area contributed by atoms with E-state index in [1.165, 1.54) is 23.8 Å². The zero-order valence-electron chi connectivity index (χ0n) is 17.5. The third-order valence-electron chi connectivity index (χ3n) is 4.39. The molecule has 2 aromatic rings. The third-order valence-corrected chi connectivity index (χ3v) is 6.13. The van der Waals surface area contributed by atoms with Crippen LogP contribution in [0.15, 0.2) is 50.8 Å². The lowest BCUT2D eigenvalue weighted by atomic mass is 10.2. The standard InChI is InChI=1S/C22H21BrN2O5S/c1-5-30-18-10-14(16(23)12-17(18)28-3)11-19-20(26)25(2)22(31-19)24-15-8-6-13(7-9-15)21(27)29-4/h6-12H,5H2,1-4H3/b19-11-,24-22?. The van der Waals surface area contributed by atoms with Crippen molar-refractivity contribution in [2.24, 2.45) is 4.99 Å². The topological polar surface area (TPSA) is 77.4 Å². The van der Waals surface area contributed by atoms with E-state index < -0.39 is 5.97 Å². The fraction of sp³-hybridized carbons (Fsp3) is 0.227. The smallest absolute Gasteiger partial charge is 0.337 e. The maximum absolute atomic E-state index is 12.8. The number of ether oxygens (including phenoxy) is 3. The second-order valence-electron chi connectivity index (χ2n) is 6.37. The first kappa shape index (κ1) is 22.9. The fourth-order valence-electron chi connectivity index (χ4n) is 2.78. The number of likely N-dealkylation sites (N-methyl/N-ethyl adjacent to an activating group) is 1. The van der Waals surface area contributed by atoms with Crippen molar-refractivity contribution in [3.63, 3.8) is 0 Å². The summed E-state index contributed by atoms with van der Waals surface area (Å²) in [6.07, 6.45) is 1.79. The number of nitrogens with zero attached hydrogens (tertiary/aromatic N) is 2. The Morgan fingerprint density at radius 3 is 2.52 bits per heavy atom. The first-order valence-corrected chi connectivity index (χ1v) is 10.9. The molecule has 1 fully saturated rings. The number of thioether (sulfide) groups is 1. The maximum atomic E-state index is 12.8. The summed E-state index contributed by atoms with van der Waals surface area (Å²) in [4.78, 5) is 30.9. The molecule has 2 aromatic carbocycles. The number of benzene rings is 2. The zero-order valence-corrected chi connectivity index (χ0v) is 19.9. The van der Waals surface area contributed by atoms with Crippen molar-refractivity contribution < 1.29 is 23.8 Å². The Morgan fingerprint density at radius 1 is 1.19 bits per heavy atom. The van der Waals surface area contributed by atoms with Crippen LogP contribution >= 0.6 is 27.7 Å². The molecule has 1 heterocycles. The van der Waals surface area contributed by atoms with E-state index in [9.17, 15) is 9.59 Å². The highest BCUT2D eigenvalue weighted by molar-refractivity contribution is 9.10. The number of carbonyl (C=O) groups excluding carboxylic acids is 2. The summed E-state index contributed by atoms with van der Waals surface area (Å²) in [7, 11) is 4.58. The summed E-state index contributed by atoms with van der Waals surface area (Å²) in [6.45, 7) is 2.39. The van der Waals surface area contributed by atoms with Gasteiger partial charge in [-0.3, -0.25) is 9.69 Å². The van der Waals surface area contributed by atoms with Crippen LogP contribution in [-0.2, 0) is 9.53 Å². The number of hydrogen-bond donors (Lipinski definition) is 0. The van der Waals surface area contributed by atoms with Crippen molar-refractivity contribution in [1.29, 1.82) is 0 Å². The highest BCUT2D eigenvalue weighted by atomic mass is 79.9. The molecule has 0 bridgehead atoms. The van der Waals surface area contributed by atoms with Gasteiger partial charge in [0.25, 0.3) is 5.91 Å². The highest BCUT2D eigenvalue weighted by Gasteiger charge is 2.30. The van der Waals surface area contributed by atoms with Crippen molar-refractivity contribution in [1.82, 2.24) is 4.90 Å². The first-order valence-electron chi connectivity index (χ1n) is 9.33. The van der Waals surface area contributed by atoms with Crippen molar-refractivity contribution >= 4 is 56.5 Å². The molecule has 0 aromatic heterocycles. The molecule has 0 N–H and O–H groups in total. The van der Waals surface area contributed by atoms with Gasteiger partial charge in [-0.2, -0.15) is 0 Å². The molecular weight excluding hydrogens is 484 g/mol. The molecule has 162 valence electrons. The average Bonchev–Trinajstić information content (AvgIpc) is 3.03. The Labute approximate surface area is 193 Å². The van der Waals surface area contributed by atoms with Crippen LogP contribution in [0.4, 0.5) is 5.69 Å². The average molecular weight is 505 g/mol. The number of esters is 1. The van der Waals surface area contributed by atoms with Gasteiger partial charge in [-0.1, -0.05) is 15.9 Å². The molecule has 3 rings (SSSR count). The van der Waals surface area contributed by atoms with Gasteiger partial charge in [0.05, 0.1) is 37.0 Å². The Balaban J connectivity index is 1.89. The van der Waals surface area contributed by atoms with Gasteiger partial charge in [-0.15, -0.1) is 0 Å². The first-order chi connectivity index (χ1) is 14.9. The van der Waals surface area contributed by atoms with E-state index in [1.54, 1.807) is 44.5 Å². The molecule has 1 amide bonds. The van der Waals surface area contributed by atoms with E-state index in [0.717, 1.165) is 10.0 Å². The summed E-state index contributed by atoms with van der Waals surface area (Å²) in [5.41, 5.74) is 1.85. The van der Waals surface area contributed by atoms with Gasteiger partial charge in [-0.05, 0) is 66.7 Å². The van der Waals surface area contributed by atoms with E-state index in [1.807, 2.05) is 19.1 Å². The van der Waals surface area contributed by atoms with Crippen LogP contribution in [0.2, 0.25) is 0 Å². The molecule has 1 aliphatic rings. The van der Waals surface area contributed by atoms with Gasteiger partial charge in [0.1, 0.15) is 0 Å². The Morgan fingerprint density at radius 2 is 1.90 bits per heavy atom. The van der Waals surface area contributed by atoms with E-state index in [2.05, 4.69) is 20.9 Å². The molecule has 0 radical (unpaired) electrons. The number of hydrogen-bond acceptors (Lipinski definition) is 7. The van der Waals surface area contributed by atoms with Crippen LogP contribution in [0.25, 0.3) is 6.08 Å². The molecule has 0 saturated carbocycles. The number of aliphatic imine (C=N–C) groups is 1. The van der Waals surface area contributed by atoms with Gasteiger partial charge in [0.2, 0.25) is 0 Å². The van der Waals surface area contributed by atoms with Crippen molar-refractivity contribution in [3.8, 4) is 11.5 Å². The quantitative estimate of drug-likeness (QED) is 0.412. The summed E-state index contributed by atoms with van der Waals surface area (Å²) < 4.78 is 16.5. The van der Waals surface area contributed by atoms with E-state index >= 15 is 0 Å².